The first-order chi connectivity index (χ1) is 12.9. The predicted molar refractivity (Wildman–Crippen MR) is 109 cm³/mol. The predicted octanol–water partition coefficient (Wildman–Crippen LogP) is 3.24. The summed E-state index contributed by atoms with van der Waals surface area (Å²) in [5, 5.41) is 3.85. The van der Waals surface area contributed by atoms with Gasteiger partial charge in [0.15, 0.2) is 0 Å². The molecule has 0 bridgehead atoms. The van der Waals surface area contributed by atoms with Gasteiger partial charge in [-0.3, -0.25) is 9.59 Å². The molecule has 1 fully saturated rings. The summed E-state index contributed by atoms with van der Waals surface area (Å²) < 4.78 is 1.94. The summed E-state index contributed by atoms with van der Waals surface area (Å²) >= 11 is 6.15. The summed E-state index contributed by atoms with van der Waals surface area (Å²) in [6, 6.07) is 3.54. The number of Topliss-reactive ketones (excluding diaryl/α,β-unsaturated/α-hetero) is 1. The van der Waals surface area contributed by atoms with E-state index in [1.54, 1.807) is 18.3 Å². The number of ketones is 1. The van der Waals surface area contributed by atoms with Gasteiger partial charge in [0.2, 0.25) is 0 Å². The van der Waals surface area contributed by atoms with E-state index in [4.69, 9.17) is 17.3 Å². The summed E-state index contributed by atoms with van der Waals surface area (Å²) in [5.41, 5.74) is 7.47. The van der Waals surface area contributed by atoms with E-state index in [0.29, 0.717) is 28.2 Å². The zero-order valence-corrected chi connectivity index (χ0v) is 16.7. The van der Waals surface area contributed by atoms with Crippen molar-refractivity contribution < 1.29 is 9.59 Å². The van der Waals surface area contributed by atoms with E-state index in [9.17, 15) is 9.59 Å². The van der Waals surface area contributed by atoms with E-state index in [1.807, 2.05) is 18.4 Å². The smallest absolute Gasteiger partial charge is 0.292 e. The highest BCUT2D eigenvalue weighted by atomic mass is 35.5. The number of nitrogens with two attached hydrogens (primary N) is 1. The summed E-state index contributed by atoms with van der Waals surface area (Å²) in [7, 11) is 0. The highest BCUT2D eigenvalue weighted by Crippen LogP contribution is 2.31. The Morgan fingerprint density at radius 3 is 2.59 bits per heavy atom. The van der Waals surface area contributed by atoms with Gasteiger partial charge in [-0.1, -0.05) is 18.0 Å². The van der Waals surface area contributed by atoms with E-state index in [-0.39, 0.29) is 6.04 Å². The van der Waals surface area contributed by atoms with Crippen molar-refractivity contribution in [3.05, 3.63) is 28.9 Å². The Hall–Kier alpha value is -2.05. The molecule has 1 amide bonds. The molecule has 2 aromatic rings. The molecule has 0 aliphatic carbocycles. The van der Waals surface area contributed by atoms with Gasteiger partial charge in [-0.05, 0) is 51.9 Å². The number of rotatable bonds is 6. The van der Waals surface area contributed by atoms with Gasteiger partial charge in [0, 0.05) is 30.7 Å². The van der Waals surface area contributed by atoms with Crippen LogP contribution in [-0.2, 0) is 4.79 Å². The van der Waals surface area contributed by atoms with Gasteiger partial charge in [0.25, 0.3) is 11.7 Å². The monoisotopic (exact) mass is 390 g/mol. The third-order valence-corrected chi connectivity index (χ3v) is 5.45. The standard InChI is InChI=1S/C20H27ClN4O2/c1-13(2)25-12-15(14-10-17(22)16(21)11-18(14)25)19(26)20(27)23-6-9-24-7-4-3-5-8-24/h10-13H,3-9,22H2,1-2H3,(H,23,27). The Kier molecular flexibility index (Phi) is 6.07. The lowest BCUT2D eigenvalue weighted by atomic mass is 10.1. The number of aromatic nitrogens is 1. The molecular weight excluding hydrogens is 364 g/mol. The first-order valence-electron chi connectivity index (χ1n) is 9.53. The Morgan fingerprint density at radius 1 is 1.22 bits per heavy atom. The molecule has 3 N–H and O–H groups in total. The van der Waals surface area contributed by atoms with Crippen molar-refractivity contribution in [2.45, 2.75) is 39.2 Å². The number of anilines is 1. The quantitative estimate of drug-likeness (QED) is 0.450. The van der Waals surface area contributed by atoms with Crippen LogP contribution in [0.5, 0.6) is 0 Å². The van der Waals surface area contributed by atoms with Crippen molar-refractivity contribution in [2.75, 3.05) is 31.9 Å². The summed E-state index contributed by atoms with van der Waals surface area (Å²) in [6.07, 6.45) is 5.39. The van der Waals surface area contributed by atoms with Crippen molar-refractivity contribution in [3.8, 4) is 0 Å². The third kappa shape index (κ3) is 4.28. The minimum Gasteiger partial charge on any atom is -0.398 e. The summed E-state index contributed by atoms with van der Waals surface area (Å²) in [4.78, 5) is 27.5. The molecule has 2 heterocycles. The number of fused-ring (bicyclic) bond motifs is 1. The van der Waals surface area contributed by atoms with Gasteiger partial charge in [-0.15, -0.1) is 0 Å². The lowest BCUT2D eigenvalue weighted by Gasteiger charge is -2.26. The number of hydrogen-bond acceptors (Lipinski definition) is 4. The van der Waals surface area contributed by atoms with Crippen molar-refractivity contribution >= 4 is 39.9 Å². The van der Waals surface area contributed by atoms with E-state index in [2.05, 4.69) is 10.2 Å². The van der Waals surface area contributed by atoms with Crippen molar-refractivity contribution in [1.82, 2.24) is 14.8 Å². The fourth-order valence-corrected chi connectivity index (χ4v) is 3.77. The van der Waals surface area contributed by atoms with Crippen molar-refractivity contribution in [3.63, 3.8) is 0 Å². The number of nitrogens with zero attached hydrogens (tertiary/aromatic N) is 2. The number of piperidine rings is 1. The van der Waals surface area contributed by atoms with Crippen LogP contribution < -0.4 is 11.1 Å². The third-order valence-electron chi connectivity index (χ3n) is 5.12. The average molecular weight is 391 g/mol. The number of carbonyl (C=O) groups excluding carboxylic acids is 2. The minimum absolute atomic E-state index is 0.121. The van der Waals surface area contributed by atoms with Crippen LogP contribution in [0.3, 0.4) is 0 Å². The van der Waals surface area contributed by atoms with Gasteiger partial charge >= 0.3 is 0 Å². The molecule has 1 aromatic carbocycles. The Bertz CT molecular complexity index is 853. The minimum atomic E-state index is -0.580. The van der Waals surface area contributed by atoms with Crippen molar-refractivity contribution in [1.29, 1.82) is 0 Å². The second kappa shape index (κ2) is 8.31. The van der Waals surface area contributed by atoms with E-state index < -0.39 is 11.7 Å². The fraction of sp³-hybridized carbons (Fsp3) is 0.500. The number of halogens is 1. The zero-order chi connectivity index (χ0) is 19.6. The van der Waals surface area contributed by atoms with Crippen molar-refractivity contribution in [2.24, 2.45) is 0 Å². The van der Waals surface area contributed by atoms with Gasteiger partial charge in [0.1, 0.15) is 0 Å². The highest BCUT2D eigenvalue weighted by molar-refractivity contribution is 6.45. The van der Waals surface area contributed by atoms with Gasteiger partial charge in [0.05, 0.1) is 21.8 Å². The maximum atomic E-state index is 12.8. The number of nitrogens with one attached hydrogen (secondary N) is 1. The molecule has 146 valence electrons. The number of benzene rings is 1. The number of likely N-dealkylation sites (tertiary alicyclic amines) is 1. The van der Waals surface area contributed by atoms with Gasteiger partial charge in [-0.2, -0.15) is 0 Å². The van der Waals surface area contributed by atoms with Crippen LogP contribution >= 0.6 is 11.6 Å². The molecular formula is C20H27ClN4O2. The lowest BCUT2D eigenvalue weighted by molar-refractivity contribution is -0.117. The van der Waals surface area contributed by atoms with E-state index in [1.165, 1.54) is 19.3 Å². The van der Waals surface area contributed by atoms with Crippen LogP contribution in [0.4, 0.5) is 5.69 Å². The van der Waals surface area contributed by atoms with Crippen LogP contribution in [0.1, 0.15) is 49.5 Å². The summed E-state index contributed by atoms with van der Waals surface area (Å²) in [6.45, 7) is 7.39. The molecule has 3 rings (SSSR count). The number of carbonyl (C=O) groups is 2. The molecule has 1 aliphatic rings. The van der Waals surface area contributed by atoms with Crippen LogP contribution in [0.2, 0.25) is 5.02 Å². The molecule has 0 radical (unpaired) electrons. The molecule has 1 saturated heterocycles. The van der Waals surface area contributed by atoms with Gasteiger partial charge < -0.3 is 20.5 Å². The molecule has 0 spiro atoms. The summed E-state index contributed by atoms with van der Waals surface area (Å²) in [5.74, 6) is -1.12. The number of amides is 1. The van der Waals surface area contributed by atoms with Gasteiger partial charge in [-0.25, -0.2) is 0 Å². The maximum absolute atomic E-state index is 12.8. The molecule has 0 atom stereocenters. The molecule has 6 nitrogen and oxygen atoms in total. The molecule has 0 unspecified atom stereocenters. The topological polar surface area (TPSA) is 80.4 Å². The fourth-order valence-electron chi connectivity index (χ4n) is 3.61. The molecule has 27 heavy (non-hydrogen) atoms. The number of hydrogen-bond donors (Lipinski definition) is 2. The van der Waals surface area contributed by atoms with Crippen LogP contribution in [0, 0.1) is 0 Å². The lowest BCUT2D eigenvalue weighted by Crippen LogP contribution is -2.39. The number of nitrogen functional groups attached to an aromatic ring is 1. The average Bonchev–Trinajstić information content (AvgIpc) is 3.01. The van der Waals surface area contributed by atoms with Crippen LogP contribution in [0.25, 0.3) is 10.9 Å². The Morgan fingerprint density at radius 2 is 1.93 bits per heavy atom. The second-order valence-electron chi connectivity index (χ2n) is 7.42. The normalized spacial score (nSPS) is 15.4. The second-order valence-corrected chi connectivity index (χ2v) is 7.83. The van der Waals surface area contributed by atoms with Crippen LogP contribution in [0.15, 0.2) is 18.3 Å². The maximum Gasteiger partial charge on any atom is 0.292 e. The molecule has 0 saturated carbocycles. The van der Waals surface area contributed by atoms with E-state index in [0.717, 1.165) is 25.2 Å². The SMILES string of the molecule is CC(C)n1cc(C(=O)C(=O)NCCN2CCCCC2)c2cc(N)c(Cl)cc21. The molecule has 1 aliphatic heterocycles. The first kappa shape index (κ1) is 19.7. The van der Waals surface area contributed by atoms with E-state index >= 15 is 0 Å². The molecule has 1 aromatic heterocycles. The highest BCUT2D eigenvalue weighted by Gasteiger charge is 2.23. The molecule has 7 heteroatoms. The largest absolute Gasteiger partial charge is 0.398 e. The first-order valence-corrected chi connectivity index (χ1v) is 9.90. The zero-order valence-electron chi connectivity index (χ0n) is 15.9. The Labute approximate surface area is 164 Å². The van der Waals surface area contributed by atoms with Crippen LogP contribution in [-0.4, -0.2) is 47.3 Å². The Balaban J connectivity index is 1.76.